The lowest BCUT2D eigenvalue weighted by Crippen LogP contribution is -2.44. The first-order chi connectivity index (χ1) is 8.95. The van der Waals surface area contributed by atoms with E-state index >= 15 is 0 Å². The smallest absolute Gasteiger partial charge is 0.264 e. The average Bonchev–Trinajstić information content (AvgIpc) is 2.34. The van der Waals surface area contributed by atoms with Gasteiger partial charge in [-0.25, -0.2) is 0 Å². The van der Waals surface area contributed by atoms with Gasteiger partial charge in [0.1, 0.15) is 12.3 Å². The van der Waals surface area contributed by atoms with Gasteiger partial charge in [0.2, 0.25) is 0 Å². The lowest BCUT2D eigenvalue weighted by Gasteiger charge is -2.27. The molecule has 0 saturated heterocycles. The molecule has 0 radical (unpaired) electrons. The van der Waals surface area contributed by atoms with Gasteiger partial charge in [-0.2, -0.15) is 5.26 Å². The van der Waals surface area contributed by atoms with E-state index in [1.54, 1.807) is 31.2 Å². The number of nitriles is 1. The van der Waals surface area contributed by atoms with Crippen LogP contribution in [-0.4, -0.2) is 29.5 Å². The Bertz CT molecular complexity index is 483. The third-order valence-corrected chi connectivity index (χ3v) is 2.84. The minimum atomic E-state index is -0.658. The van der Waals surface area contributed by atoms with Crippen molar-refractivity contribution in [2.45, 2.75) is 32.9 Å². The summed E-state index contributed by atoms with van der Waals surface area (Å²) >= 11 is 5.85. The van der Waals surface area contributed by atoms with E-state index in [-0.39, 0.29) is 18.5 Å². The van der Waals surface area contributed by atoms with Crippen LogP contribution < -0.4 is 4.74 Å². The Morgan fingerprint density at radius 2 is 2.16 bits per heavy atom. The van der Waals surface area contributed by atoms with Crippen LogP contribution in [0, 0.1) is 11.3 Å². The van der Waals surface area contributed by atoms with Crippen molar-refractivity contribution in [2.75, 3.05) is 6.54 Å². The number of ether oxygens (including phenoxy) is 1. The topological polar surface area (TPSA) is 53.3 Å². The minimum absolute atomic E-state index is 0.0439. The zero-order valence-electron chi connectivity index (χ0n) is 11.3. The van der Waals surface area contributed by atoms with Crippen molar-refractivity contribution in [1.29, 1.82) is 5.26 Å². The van der Waals surface area contributed by atoms with E-state index in [1.807, 2.05) is 19.9 Å². The molecule has 1 aromatic rings. The van der Waals surface area contributed by atoms with E-state index in [0.717, 1.165) is 0 Å². The predicted octanol–water partition coefficient (Wildman–Crippen LogP) is 2.87. The van der Waals surface area contributed by atoms with Crippen LogP contribution in [0.25, 0.3) is 0 Å². The average molecular weight is 281 g/mol. The molecule has 19 heavy (non-hydrogen) atoms. The minimum Gasteiger partial charge on any atom is -0.481 e. The van der Waals surface area contributed by atoms with Gasteiger partial charge in [-0.05, 0) is 39.0 Å². The maximum atomic E-state index is 12.2. The Balaban J connectivity index is 2.74. The Morgan fingerprint density at radius 3 is 2.68 bits per heavy atom. The van der Waals surface area contributed by atoms with E-state index in [1.165, 1.54) is 4.90 Å². The Labute approximate surface area is 118 Å². The van der Waals surface area contributed by atoms with Crippen LogP contribution in [0.15, 0.2) is 24.3 Å². The Kier molecular flexibility index (Phi) is 5.65. The normalized spacial score (nSPS) is 11.8. The quantitative estimate of drug-likeness (QED) is 0.779. The molecule has 0 aliphatic carbocycles. The second-order valence-electron chi connectivity index (χ2n) is 4.44. The highest BCUT2D eigenvalue weighted by Gasteiger charge is 2.24. The summed E-state index contributed by atoms with van der Waals surface area (Å²) in [5.74, 6) is 0.325. The van der Waals surface area contributed by atoms with Gasteiger partial charge < -0.3 is 9.64 Å². The highest BCUT2D eigenvalue weighted by Crippen LogP contribution is 2.19. The van der Waals surface area contributed by atoms with Crippen LogP contribution in [0.2, 0.25) is 5.02 Å². The summed E-state index contributed by atoms with van der Waals surface area (Å²) in [5.41, 5.74) is 0. The summed E-state index contributed by atoms with van der Waals surface area (Å²) in [7, 11) is 0. The molecule has 1 aromatic carbocycles. The standard InChI is InChI=1S/C14H17ClN2O2/c1-10(2)17(8-7-16)14(18)11(3)19-13-6-4-5-12(15)9-13/h4-6,9-11H,8H2,1-3H3. The van der Waals surface area contributed by atoms with Crippen molar-refractivity contribution in [3.05, 3.63) is 29.3 Å². The summed E-state index contributed by atoms with van der Waals surface area (Å²) in [6.07, 6.45) is -0.658. The number of amides is 1. The maximum absolute atomic E-state index is 12.2. The van der Waals surface area contributed by atoms with E-state index in [4.69, 9.17) is 21.6 Å². The summed E-state index contributed by atoms with van der Waals surface area (Å²) in [4.78, 5) is 13.7. The van der Waals surface area contributed by atoms with Crippen molar-refractivity contribution in [3.8, 4) is 11.8 Å². The van der Waals surface area contributed by atoms with E-state index in [2.05, 4.69) is 0 Å². The van der Waals surface area contributed by atoms with Gasteiger partial charge in [0.25, 0.3) is 5.91 Å². The number of carbonyl (C=O) groups excluding carboxylic acids is 1. The number of hydrogen-bond acceptors (Lipinski definition) is 3. The first-order valence-corrected chi connectivity index (χ1v) is 6.43. The summed E-state index contributed by atoms with van der Waals surface area (Å²) in [6.45, 7) is 5.44. The summed E-state index contributed by atoms with van der Waals surface area (Å²) in [5, 5.41) is 9.29. The lowest BCUT2D eigenvalue weighted by atomic mass is 10.2. The third kappa shape index (κ3) is 4.46. The van der Waals surface area contributed by atoms with Crippen molar-refractivity contribution < 1.29 is 9.53 Å². The van der Waals surface area contributed by atoms with Crippen molar-refractivity contribution in [1.82, 2.24) is 4.90 Å². The zero-order chi connectivity index (χ0) is 14.4. The van der Waals surface area contributed by atoms with Crippen LogP contribution in [0.1, 0.15) is 20.8 Å². The molecule has 0 aromatic heterocycles. The van der Waals surface area contributed by atoms with Crippen LogP contribution in [0.3, 0.4) is 0 Å². The number of hydrogen-bond donors (Lipinski definition) is 0. The van der Waals surface area contributed by atoms with Crippen molar-refractivity contribution in [2.24, 2.45) is 0 Å². The fourth-order valence-corrected chi connectivity index (χ4v) is 1.80. The van der Waals surface area contributed by atoms with E-state index in [9.17, 15) is 4.79 Å². The first-order valence-electron chi connectivity index (χ1n) is 6.05. The van der Waals surface area contributed by atoms with Gasteiger partial charge >= 0.3 is 0 Å². The SMILES string of the molecule is CC(Oc1cccc(Cl)c1)C(=O)N(CC#N)C(C)C. The largest absolute Gasteiger partial charge is 0.481 e. The predicted molar refractivity (Wildman–Crippen MR) is 74.0 cm³/mol. The lowest BCUT2D eigenvalue weighted by molar-refractivity contribution is -0.139. The molecule has 0 spiro atoms. The molecule has 102 valence electrons. The fraction of sp³-hybridized carbons (Fsp3) is 0.429. The molecule has 0 fully saturated rings. The first kappa shape index (κ1) is 15.3. The highest BCUT2D eigenvalue weighted by molar-refractivity contribution is 6.30. The Morgan fingerprint density at radius 1 is 1.47 bits per heavy atom. The molecular weight excluding hydrogens is 264 g/mol. The molecule has 0 aliphatic heterocycles. The van der Waals surface area contributed by atoms with Crippen molar-refractivity contribution in [3.63, 3.8) is 0 Å². The summed E-state index contributed by atoms with van der Waals surface area (Å²) < 4.78 is 5.55. The summed E-state index contributed by atoms with van der Waals surface area (Å²) in [6, 6.07) is 8.81. The molecule has 0 N–H and O–H groups in total. The number of benzene rings is 1. The van der Waals surface area contributed by atoms with Gasteiger partial charge in [-0.3, -0.25) is 4.79 Å². The van der Waals surface area contributed by atoms with Gasteiger partial charge in [-0.1, -0.05) is 17.7 Å². The molecule has 0 aliphatic rings. The number of carbonyl (C=O) groups is 1. The molecule has 1 amide bonds. The van der Waals surface area contributed by atoms with Crippen LogP contribution in [0.5, 0.6) is 5.75 Å². The fourth-order valence-electron chi connectivity index (χ4n) is 1.62. The van der Waals surface area contributed by atoms with Gasteiger partial charge in [0, 0.05) is 11.1 Å². The molecule has 1 unspecified atom stereocenters. The van der Waals surface area contributed by atoms with E-state index in [0.29, 0.717) is 10.8 Å². The zero-order valence-corrected chi connectivity index (χ0v) is 12.0. The number of nitrogens with zero attached hydrogens (tertiary/aromatic N) is 2. The molecule has 1 rings (SSSR count). The van der Waals surface area contributed by atoms with Crippen LogP contribution >= 0.6 is 11.6 Å². The maximum Gasteiger partial charge on any atom is 0.264 e. The molecule has 0 bridgehead atoms. The third-order valence-electron chi connectivity index (χ3n) is 2.60. The number of halogens is 1. The van der Waals surface area contributed by atoms with Gasteiger partial charge in [0.15, 0.2) is 6.10 Å². The van der Waals surface area contributed by atoms with Crippen LogP contribution in [-0.2, 0) is 4.79 Å². The molecule has 0 heterocycles. The second-order valence-corrected chi connectivity index (χ2v) is 4.87. The molecular formula is C14H17ClN2O2. The Hall–Kier alpha value is -1.73. The highest BCUT2D eigenvalue weighted by atomic mass is 35.5. The van der Waals surface area contributed by atoms with Gasteiger partial charge in [-0.15, -0.1) is 0 Å². The number of rotatable bonds is 5. The monoisotopic (exact) mass is 280 g/mol. The second kappa shape index (κ2) is 7.01. The van der Waals surface area contributed by atoms with Crippen LogP contribution in [0.4, 0.5) is 0 Å². The van der Waals surface area contributed by atoms with Gasteiger partial charge in [0.05, 0.1) is 6.07 Å². The van der Waals surface area contributed by atoms with Crippen molar-refractivity contribution >= 4 is 17.5 Å². The molecule has 5 heteroatoms. The molecule has 4 nitrogen and oxygen atoms in total. The molecule has 1 atom stereocenters. The van der Waals surface area contributed by atoms with E-state index < -0.39 is 6.10 Å². The molecule has 0 saturated carbocycles.